The molecule has 0 radical (unpaired) electrons. The summed E-state index contributed by atoms with van der Waals surface area (Å²) in [4.78, 5) is 28.6. The van der Waals surface area contributed by atoms with Gasteiger partial charge < -0.3 is 15.6 Å². The van der Waals surface area contributed by atoms with Gasteiger partial charge in [-0.05, 0) is 24.1 Å². The van der Waals surface area contributed by atoms with Crippen LogP contribution in [0.2, 0.25) is 0 Å². The van der Waals surface area contributed by atoms with Crippen molar-refractivity contribution in [3.05, 3.63) is 34.7 Å². The molecule has 0 saturated carbocycles. The first kappa shape index (κ1) is 18.3. The van der Waals surface area contributed by atoms with Crippen molar-refractivity contribution in [2.24, 2.45) is 11.1 Å². The molecule has 0 aliphatic rings. The third-order valence-corrected chi connectivity index (χ3v) is 3.62. The van der Waals surface area contributed by atoms with Gasteiger partial charge in [0.1, 0.15) is 6.54 Å². The van der Waals surface area contributed by atoms with Gasteiger partial charge in [0.15, 0.2) is 0 Å². The van der Waals surface area contributed by atoms with Crippen LogP contribution in [-0.2, 0) is 11.3 Å². The summed E-state index contributed by atoms with van der Waals surface area (Å²) in [5, 5.41) is 0. The number of amides is 1. The normalized spacial score (nSPS) is 11.3. The zero-order valence-corrected chi connectivity index (χ0v) is 13.9. The third kappa shape index (κ3) is 3.90. The van der Waals surface area contributed by atoms with E-state index in [1.54, 1.807) is 11.9 Å². The van der Waals surface area contributed by atoms with Gasteiger partial charge in [-0.3, -0.25) is 9.36 Å². The lowest BCUT2D eigenvalue weighted by atomic mass is 9.93. The fraction of sp³-hybridized carbons (Fsp3) is 0.467. The highest BCUT2D eigenvalue weighted by Gasteiger charge is 2.22. The Hall–Kier alpha value is -1.79. The van der Waals surface area contributed by atoms with Crippen molar-refractivity contribution < 1.29 is 4.79 Å². The zero-order valence-electron chi connectivity index (χ0n) is 13.1. The molecular formula is C15H23ClN4O2. The second kappa shape index (κ2) is 6.98. The molecule has 0 fully saturated rings. The summed E-state index contributed by atoms with van der Waals surface area (Å²) in [6.45, 7) is 5.10. The minimum atomic E-state index is -0.268. The van der Waals surface area contributed by atoms with Crippen LogP contribution in [0.15, 0.2) is 29.1 Å². The van der Waals surface area contributed by atoms with Crippen LogP contribution in [0.4, 0.5) is 0 Å². The van der Waals surface area contributed by atoms with Crippen LogP contribution in [0.5, 0.6) is 0 Å². The van der Waals surface area contributed by atoms with E-state index in [1.807, 2.05) is 38.1 Å². The maximum absolute atomic E-state index is 12.3. The van der Waals surface area contributed by atoms with Gasteiger partial charge in [0.25, 0.3) is 0 Å². The monoisotopic (exact) mass is 326 g/mol. The Morgan fingerprint density at radius 2 is 2.00 bits per heavy atom. The minimum Gasteiger partial charge on any atom is -0.344 e. The highest BCUT2D eigenvalue weighted by molar-refractivity contribution is 5.85. The number of nitrogens with two attached hydrogens (primary N) is 1. The van der Waals surface area contributed by atoms with Gasteiger partial charge in [0, 0.05) is 13.6 Å². The largest absolute Gasteiger partial charge is 0.344 e. The van der Waals surface area contributed by atoms with Crippen molar-refractivity contribution in [3.8, 4) is 0 Å². The van der Waals surface area contributed by atoms with Crippen molar-refractivity contribution in [3.63, 3.8) is 0 Å². The second-order valence-corrected chi connectivity index (χ2v) is 6.15. The number of aromatic amines is 1. The maximum atomic E-state index is 12.3. The van der Waals surface area contributed by atoms with Gasteiger partial charge >= 0.3 is 5.69 Å². The quantitative estimate of drug-likeness (QED) is 0.865. The molecule has 2 aromatic rings. The number of nitrogens with zero attached hydrogens (tertiary/aromatic N) is 2. The first-order chi connectivity index (χ1) is 9.84. The van der Waals surface area contributed by atoms with Crippen LogP contribution < -0.4 is 11.4 Å². The van der Waals surface area contributed by atoms with Gasteiger partial charge in [-0.2, -0.15) is 0 Å². The smallest absolute Gasteiger partial charge is 0.326 e. The van der Waals surface area contributed by atoms with E-state index in [9.17, 15) is 9.59 Å². The number of hydrogen-bond donors (Lipinski definition) is 2. The Balaban J connectivity index is 0.00000242. The fourth-order valence-corrected chi connectivity index (χ4v) is 2.31. The lowest BCUT2D eigenvalue weighted by Crippen LogP contribution is -2.41. The number of benzene rings is 1. The number of halogens is 1. The van der Waals surface area contributed by atoms with E-state index in [2.05, 4.69) is 4.98 Å². The highest BCUT2D eigenvalue weighted by Crippen LogP contribution is 2.14. The predicted octanol–water partition coefficient (Wildman–Crippen LogP) is 1.19. The molecule has 2 rings (SSSR count). The van der Waals surface area contributed by atoms with Gasteiger partial charge in [0.05, 0.1) is 11.0 Å². The second-order valence-electron chi connectivity index (χ2n) is 6.15. The van der Waals surface area contributed by atoms with E-state index in [4.69, 9.17) is 5.73 Å². The standard InChI is InChI=1S/C15H22N4O2.ClH/c1-15(2,9-16)10-18(3)13(20)8-19-12-7-5-4-6-11(12)17-14(19)21;/h4-7H,8-10,16H2,1-3H3,(H,17,21);1H. The van der Waals surface area contributed by atoms with Crippen molar-refractivity contribution in [1.82, 2.24) is 14.5 Å². The Morgan fingerprint density at radius 3 is 2.64 bits per heavy atom. The summed E-state index contributed by atoms with van der Waals surface area (Å²) in [6.07, 6.45) is 0. The third-order valence-electron chi connectivity index (χ3n) is 3.62. The highest BCUT2D eigenvalue weighted by atomic mass is 35.5. The molecule has 0 aliphatic heterocycles. The summed E-state index contributed by atoms with van der Waals surface area (Å²) < 4.78 is 1.46. The van der Waals surface area contributed by atoms with E-state index < -0.39 is 0 Å². The summed E-state index contributed by atoms with van der Waals surface area (Å²) in [5.74, 6) is -0.108. The van der Waals surface area contributed by atoms with E-state index in [-0.39, 0.29) is 36.0 Å². The summed E-state index contributed by atoms with van der Waals surface area (Å²) >= 11 is 0. The Kier molecular flexibility index (Phi) is 5.79. The molecule has 1 heterocycles. The van der Waals surface area contributed by atoms with E-state index in [0.29, 0.717) is 13.1 Å². The molecule has 1 aromatic heterocycles. The first-order valence-corrected chi connectivity index (χ1v) is 6.95. The van der Waals surface area contributed by atoms with Crippen molar-refractivity contribution in [1.29, 1.82) is 0 Å². The summed E-state index contributed by atoms with van der Waals surface area (Å²) in [5.41, 5.74) is 6.75. The number of aromatic nitrogens is 2. The topological polar surface area (TPSA) is 84.1 Å². The molecule has 1 aromatic carbocycles. The van der Waals surface area contributed by atoms with E-state index in [1.165, 1.54) is 4.57 Å². The lowest BCUT2D eigenvalue weighted by Gasteiger charge is -2.29. The number of fused-ring (bicyclic) bond motifs is 1. The first-order valence-electron chi connectivity index (χ1n) is 6.95. The van der Waals surface area contributed by atoms with Gasteiger partial charge in [0.2, 0.25) is 5.91 Å². The number of imidazole rings is 1. The molecule has 0 bridgehead atoms. The molecule has 6 nitrogen and oxygen atoms in total. The van der Waals surface area contributed by atoms with Gasteiger partial charge in [-0.15, -0.1) is 12.4 Å². The Morgan fingerprint density at radius 1 is 1.36 bits per heavy atom. The lowest BCUT2D eigenvalue weighted by molar-refractivity contribution is -0.131. The Bertz CT molecular complexity index is 705. The molecule has 22 heavy (non-hydrogen) atoms. The Labute approximate surface area is 135 Å². The number of H-pyrrole nitrogens is 1. The molecule has 1 amide bonds. The molecule has 0 saturated heterocycles. The number of nitrogens with one attached hydrogen (secondary N) is 1. The fourth-order valence-electron chi connectivity index (χ4n) is 2.31. The minimum absolute atomic E-state index is 0. The van der Waals surface area contributed by atoms with Gasteiger partial charge in [-0.25, -0.2) is 4.79 Å². The average Bonchev–Trinajstić information content (AvgIpc) is 2.75. The number of hydrogen-bond acceptors (Lipinski definition) is 3. The summed E-state index contributed by atoms with van der Waals surface area (Å²) in [6, 6.07) is 7.33. The number of likely N-dealkylation sites (N-methyl/N-ethyl adjacent to an activating group) is 1. The number of rotatable bonds is 5. The van der Waals surface area contributed by atoms with Crippen molar-refractivity contribution >= 4 is 29.3 Å². The van der Waals surface area contributed by atoms with Crippen LogP contribution in [0, 0.1) is 5.41 Å². The van der Waals surface area contributed by atoms with Crippen LogP contribution in [-0.4, -0.2) is 40.5 Å². The zero-order chi connectivity index (χ0) is 15.6. The molecule has 0 atom stereocenters. The molecular weight excluding hydrogens is 304 g/mol. The molecule has 122 valence electrons. The SMILES string of the molecule is CN(CC(C)(C)CN)C(=O)Cn1c(=O)[nH]c2ccccc21.Cl. The number of para-hydroxylation sites is 2. The molecule has 0 spiro atoms. The number of carbonyl (C=O) groups is 1. The van der Waals surface area contributed by atoms with E-state index in [0.717, 1.165) is 11.0 Å². The van der Waals surface area contributed by atoms with Crippen molar-refractivity contribution in [2.45, 2.75) is 20.4 Å². The van der Waals surface area contributed by atoms with Crippen LogP contribution in [0.3, 0.4) is 0 Å². The van der Waals surface area contributed by atoms with E-state index >= 15 is 0 Å². The van der Waals surface area contributed by atoms with Crippen molar-refractivity contribution in [2.75, 3.05) is 20.1 Å². The van der Waals surface area contributed by atoms with Crippen LogP contribution in [0.25, 0.3) is 11.0 Å². The van der Waals surface area contributed by atoms with Gasteiger partial charge in [-0.1, -0.05) is 26.0 Å². The summed E-state index contributed by atoms with van der Waals surface area (Å²) in [7, 11) is 1.74. The molecule has 3 N–H and O–H groups in total. The average molecular weight is 327 g/mol. The van der Waals surface area contributed by atoms with Crippen LogP contribution in [0.1, 0.15) is 13.8 Å². The molecule has 0 aliphatic carbocycles. The number of carbonyl (C=O) groups excluding carboxylic acids is 1. The maximum Gasteiger partial charge on any atom is 0.326 e. The molecule has 0 unspecified atom stereocenters. The van der Waals surface area contributed by atoms with Crippen LogP contribution >= 0.6 is 12.4 Å². The molecule has 7 heteroatoms. The predicted molar refractivity (Wildman–Crippen MR) is 90.3 cm³/mol.